The van der Waals surface area contributed by atoms with Crippen molar-refractivity contribution in [3.63, 3.8) is 0 Å². The average molecular weight is 268 g/mol. The molecular weight excluding hydrogens is 252 g/mol. The van der Waals surface area contributed by atoms with Crippen molar-refractivity contribution < 1.29 is 9.90 Å². The maximum Gasteiger partial charge on any atom is 0.312 e. The predicted molar refractivity (Wildman–Crippen MR) is 75.4 cm³/mol. The molecule has 1 fully saturated rings. The van der Waals surface area contributed by atoms with Gasteiger partial charge in [0.1, 0.15) is 0 Å². The summed E-state index contributed by atoms with van der Waals surface area (Å²) in [5, 5.41) is 16.2. The number of benzene rings is 1. The van der Waals surface area contributed by atoms with E-state index in [1.807, 2.05) is 18.2 Å². The number of hydrogen-bond acceptors (Lipinski definition) is 3. The molecule has 0 radical (unpaired) electrons. The third kappa shape index (κ3) is 1.51. The van der Waals surface area contributed by atoms with Gasteiger partial charge in [0.05, 0.1) is 18.2 Å². The lowest BCUT2D eigenvalue weighted by Gasteiger charge is -2.42. The zero-order valence-electron chi connectivity index (χ0n) is 11.1. The molecule has 1 N–H and O–H groups in total. The van der Waals surface area contributed by atoms with E-state index in [-0.39, 0.29) is 0 Å². The second kappa shape index (κ2) is 4.13. The fourth-order valence-corrected chi connectivity index (χ4v) is 3.42. The zero-order valence-corrected chi connectivity index (χ0v) is 11.1. The Kier molecular flexibility index (Phi) is 2.39. The summed E-state index contributed by atoms with van der Waals surface area (Å²) in [6, 6.07) is 8.42. The number of fused-ring (bicyclic) bond motifs is 4. The summed E-state index contributed by atoms with van der Waals surface area (Å²) in [4.78, 5) is 11.3. The van der Waals surface area contributed by atoms with Crippen molar-refractivity contribution >= 4 is 17.4 Å². The molecule has 0 bridgehead atoms. The molecule has 1 aromatic rings. The van der Waals surface area contributed by atoms with Crippen LogP contribution in [0.15, 0.2) is 36.4 Å². The van der Waals surface area contributed by atoms with Gasteiger partial charge in [-0.25, -0.2) is 0 Å². The summed E-state index contributed by atoms with van der Waals surface area (Å²) < 4.78 is 0. The molecule has 1 saturated heterocycles. The Balaban J connectivity index is 1.98. The van der Waals surface area contributed by atoms with Crippen molar-refractivity contribution in [2.75, 3.05) is 13.1 Å². The minimum Gasteiger partial charge on any atom is -0.481 e. The third-order valence-corrected chi connectivity index (χ3v) is 4.35. The van der Waals surface area contributed by atoms with E-state index in [2.05, 4.69) is 28.2 Å². The van der Waals surface area contributed by atoms with Crippen molar-refractivity contribution in [3.8, 4) is 0 Å². The van der Waals surface area contributed by atoms with Crippen LogP contribution in [0.4, 0.5) is 0 Å². The highest BCUT2D eigenvalue weighted by Crippen LogP contribution is 2.31. The van der Waals surface area contributed by atoms with Crippen LogP contribution in [0.1, 0.15) is 12.8 Å². The molecule has 20 heavy (non-hydrogen) atoms. The number of carboxylic acid groups (broad SMARTS) is 1. The highest BCUT2D eigenvalue weighted by atomic mass is 16.4. The lowest BCUT2D eigenvalue weighted by Crippen LogP contribution is -2.52. The van der Waals surface area contributed by atoms with Crippen LogP contribution >= 0.6 is 0 Å². The Hall–Kier alpha value is -2.23. The highest BCUT2D eigenvalue weighted by Gasteiger charge is 2.33. The van der Waals surface area contributed by atoms with Crippen LogP contribution in [-0.2, 0) is 4.79 Å². The molecule has 0 spiro atoms. The average Bonchev–Trinajstić information content (AvgIpc) is 2.96. The summed E-state index contributed by atoms with van der Waals surface area (Å²) in [5.74, 6) is -1.18. The van der Waals surface area contributed by atoms with Crippen LogP contribution in [0.2, 0.25) is 0 Å². The molecule has 1 atom stereocenters. The Morgan fingerprint density at radius 3 is 2.80 bits per heavy atom. The molecule has 1 aromatic carbocycles. The Morgan fingerprint density at radius 2 is 2.00 bits per heavy atom. The number of carbonyl (C=O) groups is 1. The van der Waals surface area contributed by atoms with E-state index in [4.69, 9.17) is 0 Å². The maximum atomic E-state index is 11.3. The van der Waals surface area contributed by atoms with Crippen LogP contribution in [0.3, 0.4) is 0 Å². The summed E-state index contributed by atoms with van der Waals surface area (Å²) in [6.45, 7) is 1.51. The van der Waals surface area contributed by atoms with E-state index in [0.29, 0.717) is 6.54 Å². The van der Waals surface area contributed by atoms with Crippen molar-refractivity contribution in [1.29, 1.82) is 0 Å². The van der Waals surface area contributed by atoms with E-state index in [9.17, 15) is 9.90 Å². The molecule has 3 aliphatic heterocycles. The lowest BCUT2D eigenvalue weighted by molar-refractivity contribution is -0.141. The van der Waals surface area contributed by atoms with Gasteiger partial charge in [-0.15, -0.1) is 0 Å². The van der Waals surface area contributed by atoms with Gasteiger partial charge in [0.25, 0.3) is 0 Å². The maximum absolute atomic E-state index is 11.3. The second-order valence-corrected chi connectivity index (χ2v) is 5.49. The number of aliphatic carboxylic acids is 1. The van der Waals surface area contributed by atoms with Gasteiger partial charge in [-0.3, -0.25) is 14.8 Å². The minimum atomic E-state index is -0.750. The van der Waals surface area contributed by atoms with E-state index >= 15 is 0 Å². The van der Waals surface area contributed by atoms with Crippen molar-refractivity contribution in [1.82, 2.24) is 10.0 Å². The topological polar surface area (TPSA) is 43.8 Å². The molecule has 102 valence electrons. The molecule has 0 amide bonds. The Bertz CT molecular complexity index is 735. The van der Waals surface area contributed by atoms with Crippen LogP contribution < -0.4 is 10.4 Å². The van der Waals surface area contributed by atoms with Crippen molar-refractivity contribution in [3.05, 3.63) is 46.9 Å². The van der Waals surface area contributed by atoms with Gasteiger partial charge in [0.15, 0.2) is 0 Å². The van der Waals surface area contributed by atoms with Crippen LogP contribution in [0.25, 0.3) is 11.4 Å². The Morgan fingerprint density at radius 1 is 1.20 bits per heavy atom. The summed E-state index contributed by atoms with van der Waals surface area (Å²) in [6.07, 6.45) is 5.99. The summed E-state index contributed by atoms with van der Waals surface area (Å²) in [7, 11) is 0. The number of hydrazine groups is 1. The largest absolute Gasteiger partial charge is 0.481 e. The Labute approximate surface area is 116 Å². The fourth-order valence-electron chi connectivity index (χ4n) is 3.42. The number of hydrogen-bond donors (Lipinski definition) is 1. The van der Waals surface area contributed by atoms with Crippen molar-refractivity contribution in [2.45, 2.75) is 12.8 Å². The van der Waals surface area contributed by atoms with Gasteiger partial charge in [0.2, 0.25) is 0 Å². The van der Waals surface area contributed by atoms with Crippen LogP contribution in [-0.4, -0.2) is 34.2 Å². The molecule has 0 aliphatic carbocycles. The number of carboxylic acids is 1. The van der Waals surface area contributed by atoms with E-state index in [0.717, 1.165) is 25.1 Å². The van der Waals surface area contributed by atoms with Gasteiger partial charge >= 0.3 is 5.97 Å². The summed E-state index contributed by atoms with van der Waals surface area (Å²) in [5.41, 5.74) is 2.47. The molecular formula is C16H16N2O2. The first-order valence-electron chi connectivity index (χ1n) is 7.04. The van der Waals surface area contributed by atoms with Crippen molar-refractivity contribution in [2.24, 2.45) is 5.92 Å². The summed E-state index contributed by atoms with van der Waals surface area (Å²) >= 11 is 0. The number of rotatable bonds is 1. The predicted octanol–water partition coefficient (Wildman–Crippen LogP) is 0.500. The smallest absolute Gasteiger partial charge is 0.312 e. The van der Waals surface area contributed by atoms with Gasteiger partial charge in [-0.05, 0) is 18.9 Å². The molecule has 3 aliphatic rings. The quantitative estimate of drug-likeness (QED) is 0.805. The van der Waals surface area contributed by atoms with Crippen LogP contribution in [0.5, 0.6) is 0 Å². The third-order valence-electron chi connectivity index (χ3n) is 4.35. The normalized spacial score (nSPS) is 23.5. The minimum absolute atomic E-state index is 0.425. The van der Waals surface area contributed by atoms with E-state index in [1.54, 1.807) is 0 Å². The standard InChI is InChI=1S/C16H16N2O2/c19-16(20)11-7-8-15-13-5-2-1-4-12(13)14-6-3-9-17(14)18(15)10-11/h1-2,4-5,7-8,11H,3,6,9-10H2,(H,19,20). The second-order valence-electron chi connectivity index (χ2n) is 5.49. The SMILES string of the molecule is O=C(O)C1C=CC2=c3ccccc3=C3CCCN3N2C1. The van der Waals surface area contributed by atoms with Gasteiger partial charge in [-0.2, -0.15) is 0 Å². The van der Waals surface area contributed by atoms with E-state index in [1.165, 1.54) is 16.1 Å². The molecule has 0 aromatic heterocycles. The van der Waals surface area contributed by atoms with E-state index < -0.39 is 11.9 Å². The van der Waals surface area contributed by atoms with Crippen LogP contribution in [0, 0.1) is 5.92 Å². The highest BCUT2D eigenvalue weighted by molar-refractivity contribution is 5.75. The van der Waals surface area contributed by atoms with Gasteiger partial charge in [0, 0.05) is 22.7 Å². The fraction of sp³-hybridized carbons (Fsp3) is 0.312. The first-order valence-corrected chi connectivity index (χ1v) is 7.04. The lowest BCUT2D eigenvalue weighted by atomic mass is 10.0. The molecule has 4 heteroatoms. The zero-order chi connectivity index (χ0) is 13.7. The molecule has 4 nitrogen and oxygen atoms in total. The first-order chi connectivity index (χ1) is 9.75. The molecule has 1 unspecified atom stereocenters. The molecule has 4 rings (SSSR count). The van der Waals surface area contributed by atoms with Gasteiger partial charge < -0.3 is 5.11 Å². The molecule has 3 heterocycles. The monoisotopic (exact) mass is 268 g/mol. The molecule has 0 saturated carbocycles. The first kappa shape index (κ1) is 11.6. The van der Waals surface area contributed by atoms with Gasteiger partial charge in [-0.1, -0.05) is 30.3 Å². The number of nitrogens with zero attached hydrogens (tertiary/aromatic N) is 2.